The van der Waals surface area contributed by atoms with Crippen molar-refractivity contribution in [3.63, 3.8) is 0 Å². The Hall–Kier alpha value is -1.66. The number of hydrogen-bond acceptors (Lipinski definition) is 4. The lowest BCUT2D eigenvalue weighted by atomic mass is 10.1. The topological polar surface area (TPSA) is 63.2 Å². The molecule has 0 aliphatic rings. The van der Waals surface area contributed by atoms with Gasteiger partial charge in [-0.2, -0.15) is 0 Å². The van der Waals surface area contributed by atoms with E-state index in [1.165, 1.54) is 6.07 Å². The molecule has 0 spiro atoms. The number of sulfonamides is 1. The summed E-state index contributed by atoms with van der Waals surface area (Å²) >= 11 is 1.08. The van der Waals surface area contributed by atoms with Crippen LogP contribution in [0, 0.1) is 0 Å². The monoisotopic (exact) mass is 281 g/mol. The first kappa shape index (κ1) is 12.8. The molecular weight excluding hydrogens is 270 g/mol. The van der Waals surface area contributed by atoms with Crippen molar-refractivity contribution in [1.29, 1.82) is 0 Å². The molecule has 0 fully saturated rings. The SMILES string of the molecule is O=C(Cc1ccccc1)NS(=O)(=O)c1cccs1. The van der Waals surface area contributed by atoms with Gasteiger partial charge in [0.1, 0.15) is 4.21 Å². The third-order valence-electron chi connectivity index (χ3n) is 2.22. The molecule has 94 valence electrons. The summed E-state index contributed by atoms with van der Waals surface area (Å²) in [6.07, 6.45) is 0.0471. The summed E-state index contributed by atoms with van der Waals surface area (Å²) in [6.45, 7) is 0. The Bertz CT molecular complexity index is 619. The van der Waals surface area contributed by atoms with Gasteiger partial charge in [-0.15, -0.1) is 11.3 Å². The molecule has 2 rings (SSSR count). The minimum Gasteiger partial charge on any atom is -0.274 e. The fraction of sp³-hybridized carbons (Fsp3) is 0.0833. The van der Waals surface area contributed by atoms with E-state index in [0.29, 0.717) is 0 Å². The van der Waals surface area contributed by atoms with Gasteiger partial charge in [0.05, 0.1) is 6.42 Å². The fourth-order valence-electron chi connectivity index (χ4n) is 1.43. The highest BCUT2D eigenvalue weighted by molar-refractivity contribution is 7.92. The average Bonchev–Trinajstić information content (AvgIpc) is 2.83. The molecule has 1 N–H and O–H groups in total. The van der Waals surface area contributed by atoms with Gasteiger partial charge in [0.2, 0.25) is 5.91 Å². The number of amides is 1. The lowest BCUT2D eigenvalue weighted by Crippen LogP contribution is -2.31. The molecule has 1 aromatic heterocycles. The standard InChI is InChI=1S/C12H11NO3S2/c14-11(9-10-5-2-1-3-6-10)13-18(15,16)12-7-4-8-17-12/h1-8H,9H2,(H,13,14). The van der Waals surface area contributed by atoms with Gasteiger partial charge in [-0.3, -0.25) is 4.79 Å². The number of rotatable bonds is 4. The molecule has 4 nitrogen and oxygen atoms in total. The molecule has 0 saturated heterocycles. The van der Waals surface area contributed by atoms with E-state index in [2.05, 4.69) is 4.72 Å². The number of benzene rings is 1. The summed E-state index contributed by atoms with van der Waals surface area (Å²) in [5.74, 6) is -0.533. The van der Waals surface area contributed by atoms with Crippen LogP contribution >= 0.6 is 11.3 Å². The molecule has 0 aliphatic heterocycles. The highest BCUT2D eigenvalue weighted by Gasteiger charge is 2.18. The van der Waals surface area contributed by atoms with Crippen molar-refractivity contribution >= 4 is 27.3 Å². The zero-order valence-corrected chi connectivity index (χ0v) is 11.0. The lowest BCUT2D eigenvalue weighted by molar-refractivity contribution is -0.118. The predicted molar refractivity (Wildman–Crippen MR) is 69.8 cm³/mol. The Morgan fingerprint density at radius 1 is 1.11 bits per heavy atom. The molecule has 0 aliphatic carbocycles. The Morgan fingerprint density at radius 2 is 1.83 bits per heavy atom. The molecule has 0 unspecified atom stereocenters. The Morgan fingerprint density at radius 3 is 2.44 bits per heavy atom. The van der Waals surface area contributed by atoms with Crippen LogP contribution < -0.4 is 4.72 Å². The van der Waals surface area contributed by atoms with Crippen molar-refractivity contribution in [2.75, 3.05) is 0 Å². The first-order valence-corrected chi connectivity index (χ1v) is 7.57. The molecule has 0 atom stereocenters. The summed E-state index contributed by atoms with van der Waals surface area (Å²) < 4.78 is 25.7. The number of carbonyl (C=O) groups is 1. The number of thiophene rings is 1. The van der Waals surface area contributed by atoms with Gasteiger partial charge < -0.3 is 0 Å². The van der Waals surface area contributed by atoms with Gasteiger partial charge in [0.15, 0.2) is 0 Å². The molecule has 18 heavy (non-hydrogen) atoms. The normalized spacial score (nSPS) is 11.1. The van der Waals surface area contributed by atoms with Crippen LogP contribution in [0.4, 0.5) is 0 Å². The zero-order valence-electron chi connectivity index (χ0n) is 9.37. The van der Waals surface area contributed by atoms with E-state index in [4.69, 9.17) is 0 Å². The van der Waals surface area contributed by atoms with Gasteiger partial charge >= 0.3 is 0 Å². The highest BCUT2D eigenvalue weighted by Crippen LogP contribution is 2.15. The number of nitrogens with one attached hydrogen (secondary N) is 1. The largest absolute Gasteiger partial charge is 0.274 e. The summed E-state index contributed by atoms with van der Waals surface area (Å²) in [5, 5.41) is 1.65. The lowest BCUT2D eigenvalue weighted by Gasteiger charge is -2.04. The van der Waals surface area contributed by atoms with Crippen molar-refractivity contribution < 1.29 is 13.2 Å². The summed E-state index contributed by atoms with van der Waals surface area (Å²) in [4.78, 5) is 11.6. The second kappa shape index (κ2) is 5.32. The van der Waals surface area contributed by atoms with E-state index < -0.39 is 15.9 Å². The summed E-state index contributed by atoms with van der Waals surface area (Å²) in [5.41, 5.74) is 0.774. The third-order valence-corrected chi connectivity index (χ3v) is 4.99. The van der Waals surface area contributed by atoms with E-state index >= 15 is 0 Å². The maximum Gasteiger partial charge on any atom is 0.273 e. The summed E-state index contributed by atoms with van der Waals surface area (Å²) in [7, 11) is -3.72. The van der Waals surface area contributed by atoms with Crippen LogP contribution in [-0.2, 0) is 21.2 Å². The van der Waals surface area contributed by atoms with Gasteiger partial charge in [-0.1, -0.05) is 36.4 Å². The zero-order chi connectivity index (χ0) is 13.0. The van der Waals surface area contributed by atoms with Crippen LogP contribution in [-0.4, -0.2) is 14.3 Å². The Labute approximate surface area is 109 Å². The van der Waals surface area contributed by atoms with E-state index in [9.17, 15) is 13.2 Å². The van der Waals surface area contributed by atoms with Crippen molar-refractivity contribution in [3.05, 3.63) is 53.4 Å². The molecule has 2 aromatic rings. The highest BCUT2D eigenvalue weighted by atomic mass is 32.2. The molecular formula is C12H11NO3S2. The second-order valence-corrected chi connectivity index (χ2v) is 6.48. The van der Waals surface area contributed by atoms with Crippen molar-refractivity contribution in [2.45, 2.75) is 10.6 Å². The average molecular weight is 281 g/mol. The smallest absolute Gasteiger partial charge is 0.273 e. The molecule has 0 saturated carbocycles. The fourth-order valence-corrected chi connectivity index (χ4v) is 3.41. The number of carbonyl (C=O) groups excluding carboxylic acids is 1. The minimum absolute atomic E-state index is 0.0471. The van der Waals surface area contributed by atoms with Gasteiger partial charge in [-0.05, 0) is 17.0 Å². The van der Waals surface area contributed by atoms with Crippen LogP contribution in [0.25, 0.3) is 0 Å². The quantitative estimate of drug-likeness (QED) is 0.929. The first-order valence-electron chi connectivity index (χ1n) is 5.21. The molecule has 0 radical (unpaired) electrons. The van der Waals surface area contributed by atoms with Gasteiger partial charge in [0, 0.05) is 0 Å². The third kappa shape index (κ3) is 3.18. The molecule has 0 bridgehead atoms. The minimum atomic E-state index is -3.72. The predicted octanol–water partition coefficient (Wildman–Crippen LogP) is 1.80. The number of hydrogen-bond donors (Lipinski definition) is 1. The van der Waals surface area contributed by atoms with Crippen LogP contribution in [0.5, 0.6) is 0 Å². The van der Waals surface area contributed by atoms with Gasteiger partial charge in [0.25, 0.3) is 10.0 Å². The van der Waals surface area contributed by atoms with E-state index in [1.54, 1.807) is 35.7 Å². The van der Waals surface area contributed by atoms with Crippen molar-refractivity contribution in [2.24, 2.45) is 0 Å². The molecule has 1 heterocycles. The maximum absolute atomic E-state index is 11.8. The Balaban J connectivity index is 2.05. The summed E-state index contributed by atoms with van der Waals surface area (Å²) in [6, 6.07) is 12.1. The van der Waals surface area contributed by atoms with Crippen LogP contribution in [0.3, 0.4) is 0 Å². The second-order valence-electron chi connectivity index (χ2n) is 3.62. The van der Waals surface area contributed by atoms with Gasteiger partial charge in [-0.25, -0.2) is 13.1 Å². The van der Waals surface area contributed by atoms with E-state index in [-0.39, 0.29) is 10.6 Å². The first-order chi connectivity index (χ1) is 8.58. The van der Waals surface area contributed by atoms with Crippen LogP contribution in [0.15, 0.2) is 52.1 Å². The molecule has 1 amide bonds. The maximum atomic E-state index is 11.8. The van der Waals surface area contributed by atoms with Crippen molar-refractivity contribution in [1.82, 2.24) is 4.72 Å². The van der Waals surface area contributed by atoms with Crippen LogP contribution in [0.2, 0.25) is 0 Å². The van der Waals surface area contributed by atoms with Crippen molar-refractivity contribution in [3.8, 4) is 0 Å². The Kier molecular flexibility index (Phi) is 3.78. The van der Waals surface area contributed by atoms with Crippen LogP contribution in [0.1, 0.15) is 5.56 Å². The van der Waals surface area contributed by atoms with E-state index in [1.807, 2.05) is 6.07 Å². The molecule has 6 heteroatoms. The van der Waals surface area contributed by atoms with E-state index in [0.717, 1.165) is 16.9 Å². The molecule has 1 aromatic carbocycles.